The zero-order chi connectivity index (χ0) is 20.0. The van der Waals surface area contributed by atoms with E-state index in [1.165, 1.54) is 9.13 Å². The molecule has 28 heavy (non-hydrogen) atoms. The Morgan fingerprint density at radius 1 is 1.21 bits per heavy atom. The van der Waals surface area contributed by atoms with E-state index in [2.05, 4.69) is 11.0 Å². The second-order valence-corrected chi connectivity index (χ2v) is 7.21. The van der Waals surface area contributed by atoms with Crippen molar-refractivity contribution in [2.24, 2.45) is 7.05 Å². The van der Waals surface area contributed by atoms with Gasteiger partial charge in [-0.3, -0.25) is 13.9 Å². The largest absolute Gasteiger partial charge is 0.495 e. The lowest BCUT2D eigenvalue weighted by atomic mass is 10.1. The van der Waals surface area contributed by atoms with E-state index in [0.717, 1.165) is 30.0 Å². The summed E-state index contributed by atoms with van der Waals surface area (Å²) in [4.78, 5) is 32.5. The van der Waals surface area contributed by atoms with E-state index in [4.69, 9.17) is 9.72 Å². The van der Waals surface area contributed by atoms with E-state index in [1.54, 1.807) is 14.2 Å². The normalized spacial score (nSPS) is 13.8. The van der Waals surface area contributed by atoms with Crippen LogP contribution in [0.25, 0.3) is 11.2 Å². The van der Waals surface area contributed by atoms with Crippen molar-refractivity contribution in [3.63, 3.8) is 0 Å². The Bertz CT molecular complexity index is 1170. The maximum atomic E-state index is 13.1. The third-order valence-electron chi connectivity index (χ3n) is 5.29. The topological polar surface area (TPSA) is 74.3 Å². The molecule has 1 aliphatic heterocycles. The lowest BCUT2D eigenvalue weighted by Gasteiger charge is -2.30. The van der Waals surface area contributed by atoms with Gasteiger partial charge in [-0.25, -0.2) is 4.79 Å². The van der Waals surface area contributed by atoms with Crippen molar-refractivity contribution in [1.82, 2.24) is 18.7 Å². The first-order chi connectivity index (χ1) is 13.5. The van der Waals surface area contributed by atoms with Crippen LogP contribution in [0.2, 0.25) is 0 Å². The number of rotatable bonds is 4. The van der Waals surface area contributed by atoms with Crippen molar-refractivity contribution >= 4 is 22.8 Å². The average Bonchev–Trinajstić information content (AvgIpc) is 3.09. The molecule has 0 N–H and O–H groups in total. The van der Waals surface area contributed by atoms with E-state index >= 15 is 0 Å². The fourth-order valence-corrected chi connectivity index (χ4v) is 3.92. The zero-order valence-corrected chi connectivity index (χ0v) is 16.7. The maximum Gasteiger partial charge on any atom is 0.332 e. The molecule has 0 amide bonds. The van der Waals surface area contributed by atoms with Gasteiger partial charge in [0.2, 0.25) is 5.95 Å². The molecule has 0 bridgehead atoms. The fraction of sp³-hybridized carbons (Fsp3) is 0.450. The predicted octanol–water partition coefficient (Wildman–Crippen LogP) is 2.17. The molecule has 2 aromatic heterocycles. The van der Waals surface area contributed by atoms with E-state index in [0.29, 0.717) is 36.6 Å². The van der Waals surface area contributed by atoms with E-state index in [-0.39, 0.29) is 11.2 Å². The van der Waals surface area contributed by atoms with Crippen LogP contribution in [0.5, 0.6) is 5.75 Å². The van der Waals surface area contributed by atoms with Crippen molar-refractivity contribution in [3.05, 3.63) is 44.6 Å². The Morgan fingerprint density at radius 3 is 2.71 bits per heavy atom. The first-order valence-electron chi connectivity index (χ1n) is 9.60. The third-order valence-corrected chi connectivity index (χ3v) is 5.29. The van der Waals surface area contributed by atoms with Gasteiger partial charge in [-0.05, 0) is 37.5 Å². The fourth-order valence-electron chi connectivity index (χ4n) is 3.92. The van der Waals surface area contributed by atoms with Crippen LogP contribution in [0.15, 0.2) is 27.8 Å². The standard InChI is InChI=1S/C20H25N5O3/c1-5-9-25-18(26)16-17(22(3)20(25)27)21-19-23(10-6-11-24(16)19)14-12-13(2)7-8-15(14)28-4/h7-8,12H,5-6,9-11H2,1-4H3. The minimum atomic E-state index is -0.325. The summed E-state index contributed by atoms with van der Waals surface area (Å²) >= 11 is 0. The van der Waals surface area contributed by atoms with Crippen LogP contribution in [-0.4, -0.2) is 32.3 Å². The third kappa shape index (κ3) is 2.63. The molecule has 0 atom stereocenters. The zero-order valence-electron chi connectivity index (χ0n) is 16.7. The number of nitrogens with zero attached hydrogens (tertiary/aromatic N) is 5. The SMILES string of the molecule is CCCn1c(=O)c2c(nc3n2CCCN3c2cc(C)ccc2OC)n(C)c1=O. The van der Waals surface area contributed by atoms with Gasteiger partial charge in [0.15, 0.2) is 11.2 Å². The van der Waals surface area contributed by atoms with E-state index in [9.17, 15) is 9.59 Å². The number of benzene rings is 1. The second kappa shape index (κ2) is 6.85. The summed E-state index contributed by atoms with van der Waals surface area (Å²) in [5.41, 5.74) is 2.35. The molecule has 1 aromatic carbocycles. The van der Waals surface area contributed by atoms with Gasteiger partial charge in [0.05, 0.1) is 12.8 Å². The molecule has 4 rings (SSSR count). The lowest BCUT2D eigenvalue weighted by Crippen LogP contribution is -2.39. The van der Waals surface area contributed by atoms with Crippen LogP contribution in [0.1, 0.15) is 25.3 Å². The molecule has 0 saturated heterocycles. The van der Waals surface area contributed by atoms with Gasteiger partial charge in [0.1, 0.15) is 5.75 Å². The molecule has 0 fully saturated rings. The molecule has 0 radical (unpaired) electrons. The Hall–Kier alpha value is -3.03. The molecule has 3 aromatic rings. The Morgan fingerprint density at radius 2 is 2.00 bits per heavy atom. The number of aryl methyl sites for hydroxylation is 3. The molecular weight excluding hydrogens is 358 g/mol. The highest BCUT2D eigenvalue weighted by atomic mass is 16.5. The van der Waals surface area contributed by atoms with Gasteiger partial charge in [-0.1, -0.05) is 13.0 Å². The minimum absolute atomic E-state index is 0.267. The number of aromatic nitrogens is 4. The van der Waals surface area contributed by atoms with Gasteiger partial charge in [0.25, 0.3) is 5.56 Å². The van der Waals surface area contributed by atoms with Crippen LogP contribution in [0.3, 0.4) is 0 Å². The highest BCUT2D eigenvalue weighted by Gasteiger charge is 2.28. The van der Waals surface area contributed by atoms with Crippen LogP contribution >= 0.6 is 0 Å². The molecule has 0 unspecified atom stereocenters. The molecule has 0 aliphatic carbocycles. The smallest absolute Gasteiger partial charge is 0.332 e. The van der Waals surface area contributed by atoms with Crippen molar-refractivity contribution in [2.45, 2.75) is 39.8 Å². The van der Waals surface area contributed by atoms with Crippen LogP contribution < -0.4 is 20.9 Å². The number of fused-ring (bicyclic) bond motifs is 3. The summed E-state index contributed by atoms with van der Waals surface area (Å²) in [5.74, 6) is 1.43. The van der Waals surface area contributed by atoms with E-state index in [1.807, 2.05) is 30.5 Å². The number of methoxy groups -OCH3 is 1. The first kappa shape index (κ1) is 18.3. The highest BCUT2D eigenvalue weighted by Crippen LogP contribution is 2.37. The second-order valence-electron chi connectivity index (χ2n) is 7.21. The average molecular weight is 383 g/mol. The Labute approximate surface area is 162 Å². The lowest BCUT2D eigenvalue weighted by molar-refractivity contribution is 0.414. The summed E-state index contributed by atoms with van der Waals surface area (Å²) < 4.78 is 10.3. The number of hydrogen-bond donors (Lipinski definition) is 0. The summed E-state index contributed by atoms with van der Waals surface area (Å²) in [7, 11) is 3.32. The van der Waals surface area contributed by atoms with Gasteiger partial charge in [0, 0.05) is 26.7 Å². The number of hydrogen-bond acceptors (Lipinski definition) is 5. The molecule has 3 heterocycles. The Kier molecular flexibility index (Phi) is 4.49. The van der Waals surface area contributed by atoms with Crippen molar-refractivity contribution in [3.8, 4) is 5.75 Å². The monoisotopic (exact) mass is 383 g/mol. The Balaban J connectivity index is 2.00. The summed E-state index contributed by atoms with van der Waals surface area (Å²) in [6, 6.07) is 6.00. The number of ether oxygens (including phenoxy) is 1. The highest BCUT2D eigenvalue weighted by molar-refractivity contribution is 5.78. The van der Waals surface area contributed by atoms with Gasteiger partial charge >= 0.3 is 5.69 Å². The molecule has 148 valence electrons. The van der Waals surface area contributed by atoms with Crippen LogP contribution in [-0.2, 0) is 20.1 Å². The quantitative estimate of drug-likeness (QED) is 0.690. The minimum Gasteiger partial charge on any atom is -0.495 e. The molecule has 8 heteroatoms. The molecule has 1 aliphatic rings. The molecule has 8 nitrogen and oxygen atoms in total. The van der Waals surface area contributed by atoms with Crippen molar-refractivity contribution in [2.75, 3.05) is 18.6 Å². The van der Waals surface area contributed by atoms with E-state index < -0.39 is 0 Å². The van der Waals surface area contributed by atoms with Gasteiger partial charge in [-0.15, -0.1) is 0 Å². The summed E-state index contributed by atoms with van der Waals surface area (Å²) in [6.45, 7) is 5.84. The summed E-state index contributed by atoms with van der Waals surface area (Å²) in [5, 5.41) is 0. The van der Waals surface area contributed by atoms with Crippen molar-refractivity contribution < 1.29 is 4.74 Å². The molecule has 0 spiro atoms. The maximum absolute atomic E-state index is 13.1. The first-order valence-corrected chi connectivity index (χ1v) is 9.60. The summed E-state index contributed by atoms with van der Waals surface area (Å²) in [6.07, 6.45) is 1.58. The predicted molar refractivity (Wildman–Crippen MR) is 109 cm³/mol. The molecule has 0 saturated carbocycles. The van der Waals surface area contributed by atoms with Gasteiger partial charge < -0.3 is 14.2 Å². The van der Waals surface area contributed by atoms with Crippen molar-refractivity contribution in [1.29, 1.82) is 0 Å². The molecular formula is C20H25N5O3. The van der Waals surface area contributed by atoms with Crippen LogP contribution in [0.4, 0.5) is 11.6 Å². The number of imidazole rings is 1. The van der Waals surface area contributed by atoms with Gasteiger partial charge in [-0.2, -0.15) is 4.98 Å². The number of anilines is 2. The van der Waals surface area contributed by atoms with Crippen LogP contribution in [0, 0.1) is 6.92 Å².